The summed E-state index contributed by atoms with van der Waals surface area (Å²) in [5.74, 6) is 0. The molecule has 10 heteroatoms. The second-order valence-corrected chi connectivity index (χ2v) is 25.4. The van der Waals surface area contributed by atoms with E-state index in [2.05, 4.69) is 31.9 Å². The molecule has 0 heterocycles. The van der Waals surface area contributed by atoms with Gasteiger partial charge in [-0.05, 0) is 24.9 Å². The Bertz CT molecular complexity index is 250. The van der Waals surface area contributed by atoms with Gasteiger partial charge in [-0.3, -0.25) is 0 Å². The molecule has 0 aromatic rings. The molecule has 0 rings (SSSR count). The normalized spacial score (nSPS) is 12.0. The third-order valence-corrected chi connectivity index (χ3v) is 9.30. The predicted molar refractivity (Wildman–Crippen MR) is 125 cm³/mol. The molecule has 0 aliphatic carbocycles. The molecule has 0 spiro atoms. The second-order valence-electron chi connectivity index (χ2n) is 5.29. The third-order valence-electron chi connectivity index (χ3n) is 2.94. The molecule has 0 radical (unpaired) electrons. The molecule has 0 fully saturated rings. The van der Waals surface area contributed by atoms with Crippen molar-refractivity contribution in [2.24, 2.45) is 0 Å². The number of hydrogen-bond acceptors (Lipinski definition) is 0. The Kier molecular flexibility index (Phi) is 22.8. The van der Waals surface area contributed by atoms with E-state index in [0.29, 0.717) is 0 Å². The Morgan fingerprint density at radius 3 is 1.04 bits per heavy atom. The van der Waals surface area contributed by atoms with Gasteiger partial charge in [0.1, 0.15) is 0 Å². The van der Waals surface area contributed by atoms with Crippen LogP contribution in [-0.4, -0.2) is 22.7 Å². The zero-order valence-electron chi connectivity index (χ0n) is 13.2. The van der Waals surface area contributed by atoms with E-state index in [1.54, 1.807) is 0 Å². The van der Waals surface area contributed by atoms with Crippen molar-refractivity contribution in [3.05, 3.63) is 0 Å². The fraction of sp³-hybridized carbons (Fsp3) is 1.00. The van der Waals surface area contributed by atoms with Gasteiger partial charge in [0.15, 0.2) is 0 Å². The maximum atomic E-state index is 5.80. The molecule has 0 saturated carbocycles. The van der Waals surface area contributed by atoms with E-state index in [9.17, 15) is 0 Å². The van der Waals surface area contributed by atoms with E-state index < -0.39 is 12.0 Å². The number of hydrogen-bond donors (Lipinski definition) is 0. The summed E-state index contributed by atoms with van der Waals surface area (Å²) in [5, 5.41) is 2.06. The summed E-state index contributed by atoms with van der Waals surface area (Å²) in [6, 6.07) is -3.05. The van der Waals surface area contributed by atoms with Gasteiger partial charge in [0.25, 0.3) is 0 Å². The van der Waals surface area contributed by atoms with Crippen LogP contribution in [0.25, 0.3) is 0 Å². The third kappa shape index (κ3) is 33.2. The highest BCUT2D eigenvalue weighted by Crippen LogP contribution is 2.28. The molecule has 142 valence electrons. The topological polar surface area (TPSA) is 0 Å². The molecule has 0 nitrogen and oxygen atoms in total. The summed E-state index contributed by atoms with van der Waals surface area (Å²) < 4.78 is 0. The first-order valence-corrected chi connectivity index (χ1v) is 20.6. The van der Waals surface area contributed by atoms with Crippen LogP contribution in [0.1, 0.15) is 57.8 Å². The summed E-state index contributed by atoms with van der Waals surface area (Å²) in [7, 11) is 0. The summed E-state index contributed by atoms with van der Waals surface area (Å²) in [5.41, 5.74) is 0. The highest BCUT2D eigenvalue weighted by atomic mass is 79.9. The van der Waals surface area contributed by atoms with Crippen molar-refractivity contribution < 1.29 is 0 Å². The molecule has 0 saturated heterocycles. The molecule has 0 aliphatic heterocycles. The lowest BCUT2D eigenvalue weighted by Crippen LogP contribution is -2.07. The van der Waals surface area contributed by atoms with Gasteiger partial charge in [0.2, 0.25) is 0 Å². The molecule has 0 amide bonds. The Morgan fingerprint density at radius 2 is 0.739 bits per heavy atom. The standard InChI is InChI=1S/C10H20BrCl3Si.C3H6BrCl3Si/c11-9-7-5-3-1-2-4-6-8-10-15(12,13)14;4-2-1-3-8(5,6)7/h1-10H2;1-3H2. The van der Waals surface area contributed by atoms with Gasteiger partial charge >= 0.3 is 12.0 Å². The van der Waals surface area contributed by atoms with Crippen molar-refractivity contribution in [1.29, 1.82) is 0 Å². The lowest BCUT2D eigenvalue weighted by atomic mass is 10.1. The smallest absolute Gasteiger partial charge is 0.126 e. The zero-order valence-corrected chi connectivity index (χ0v) is 22.9. The Hall–Kier alpha value is 3.13. The van der Waals surface area contributed by atoms with Crippen molar-refractivity contribution >= 4 is 110 Å². The molecular formula is C13H26Br2Cl6Si2. The van der Waals surface area contributed by atoms with Crippen molar-refractivity contribution in [3.63, 3.8) is 0 Å². The number of halogens is 8. The van der Waals surface area contributed by atoms with Crippen LogP contribution in [-0.2, 0) is 0 Å². The van der Waals surface area contributed by atoms with E-state index in [1.807, 2.05) is 0 Å². The quantitative estimate of drug-likeness (QED) is 0.0843. The highest BCUT2D eigenvalue weighted by molar-refractivity contribution is 9.09. The Morgan fingerprint density at radius 1 is 0.435 bits per heavy atom. The van der Waals surface area contributed by atoms with Crippen molar-refractivity contribution in [2.45, 2.75) is 69.9 Å². The van der Waals surface area contributed by atoms with Crippen LogP contribution < -0.4 is 0 Å². The first kappa shape index (κ1) is 28.3. The van der Waals surface area contributed by atoms with E-state index in [4.69, 9.17) is 66.5 Å². The summed E-state index contributed by atoms with van der Waals surface area (Å²) in [4.78, 5) is 0. The summed E-state index contributed by atoms with van der Waals surface area (Å²) in [6.07, 6.45) is 11.3. The largest absolute Gasteiger partial charge is 0.341 e. The Balaban J connectivity index is 0. The van der Waals surface area contributed by atoms with E-state index in [0.717, 1.165) is 35.6 Å². The average molecular weight is 611 g/mol. The minimum absolute atomic E-state index is 0.753. The van der Waals surface area contributed by atoms with E-state index >= 15 is 0 Å². The fourth-order valence-electron chi connectivity index (χ4n) is 1.75. The lowest BCUT2D eigenvalue weighted by molar-refractivity contribution is 0.586. The summed E-state index contributed by atoms with van der Waals surface area (Å²) >= 11 is 40.8. The SMILES string of the molecule is Cl[Si](Cl)(Cl)CCCBr.Cl[Si](Cl)(Cl)CCCCCCCCCCBr. The molecule has 0 N–H and O–H groups in total. The molecular weight excluding hydrogens is 585 g/mol. The van der Waals surface area contributed by atoms with Crippen molar-refractivity contribution in [2.75, 3.05) is 10.7 Å². The Labute approximate surface area is 189 Å². The van der Waals surface area contributed by atoms with E-state index in [-0.39, 0.29) is 0 Å². The highest BCUT2D eigenvalue weighted by Gasteiger charge is 2.23. The van der Waals surface area contributed by atoms with Crippen LogP contribution in [0.4, 0.5) is 0 Å². The van der Waals surface area contributed by atoms with Crippen molar-refractivity contribution in [3.8, 4) is 0 Å². The molecule has 0 aromatic carbocycles. The monoisotopic (exact) mass is 606 g/mol. The van der Waals surface area contributed by atoms with Crippen LogP contribution in [0.5, 0.6) is 0 Å². The fourth-order valence-corrected chi connectivity index (χ4v) is 6.58. The van der Waals surface area contributed by atoms with Crippen LogP contribution in [0.2, 0.25) is 12.1 Å². The summed E-state index contributed by atoms with van der Waals surface area (Å²) in [6.45, 7) is 0. The average Bonchev–Trinajstić information content (AvgIpc) is 2.42. The molecule has 0 unspecified atom stereocenters. The second kappa shape index (κ2) is 18.5. The maximum Gasteiger partial charge on any atom is 0.341 e. The first-order valence-electron chi connectivity index (χ1n) is 7.88. The van der Waals surface area contributed by atoms with Crippen LogP contribution in [0.15, 0.2) is 0 Å². The zero-order chi connectivity index (χ0) is 18.2. The van der Waals surface area contributed by atoms with Gasteiger partial charge in [-0.2, -0.15) is 0 Å². The van der Waals surface area contributed by atoms with Crippen LogP contribution in [0.3, 0.4) is 0 Å². The maximum absolute atomic E-state index is 5.80. The minimum atomic E-state index is -2.33. The molecule has 0 bridgehead atoms. The molecule has 23 heavy (non-hydrogen) atoms. The van der Waals surface area contributed by atoms with E-state index in [1.165, 1.54) is 44.9 Å². The van der Waals surface area contributed by atoms with Crippen LogP contribution in [0, 0.1) is 0 Å². The number of alkyl halides is 2. The van der Waals surface area contributed by atoms with Crippen LogP contribution >= 0.6 is 98.3 Å². The lowest BCUT2D eigenvalue weighted by Gasteiger charge is -2.06. The molecule has 0 aliphatic rings. The van der Waals surface area contributed by atoms with Gasteiger partial charge in [0.05, 0.1) is 0 Å². The molecule has 0 aromatic heterocycles. The number of rotatable bonds is 13. The number of unbranched alkanes of at least 4 members (excludes halogenated alkanes) is 7. The first-order chi connectivity index (χ1) is 10.6. The molecule has 0 atom stereocenters. The van der Waals surface area contributed by atoms with Gasteiger partial charge < -0.3 is 0 Å². The van der Waals surface area contributed by atoms with Gasteiger partial charge in [0, 0.05) is 10.7 Å². The van der Waals surface area contributed by atoms with Crippen molar-refractivity contribution in [1.82, 2.24) is 0 Å². The van der Waals surface area contributed by atoms with Gasteiger partial charge in [-0.25, -0.2) is 0 Å². The van der Waals surface area contributed by atoms with Gasteiger partial charge in [-0.1, -0.05) is 76.8 Å². The minimum Gasteiger partial charge on any atom is -0.126 e. The predicted octanol–water partition coefficient (Wildman–Crippen LogP) is 9.58. The van der Waals surface area contributed by atoms with Gasteiger partial charge in [-0.15, -0.1) is 66.5 Å².